The van der Waals surface area contributed by atoms with Gasteiger partial charge < -0.3 is 15.4 Å². The number of carbonyl (C=O) groups is 3. The van der Waals surface area contributed by atoms with Gasteiger partial charge in [-0.2, -0.15) is 5.26 Å². The highest BCUT2D eigenvalue weighted by atomic mass is 79.9. The van der Waals surface area contributed by atoms with E-state index in [2.05, 4.69) is 32.6 Å². The third kappa shape index (κ3) is 5.33. The molecule has 0 bridgehead atoms. The average molecular weight is 535 g/mol. The molecule has 0 unspecified atom stereocenters. The van der Waals surface area contributed by atoms with Gasteiger partial charge in [-0.05, 0) is 23.8 Å². The lowest BCUT2D eigenvalue weighted by Gasteiger charge is -2.30. The molecule has 0 saturated carbocycles. The molecule has 2 aromatic rings. The first-order chi connectivity index (χ1) is 15.3. The Kier molecular flexibility index (Phi) is 7.96. The maximum atomic E-state index is 12.8. The quantitative estimate of drug-likeness (QED) is 0.425. The van der Waals surface area contributed by atoms with E-state index in [1.54, 1.807) is 48.5 Å². The minimum absolute atomic E-state index is 0.0857. The summed E-state index contributed by atoms with van der Waals surface area (Å²) < 4.78 is 5.58. The zero-order valence-corrected chi connectivity index (χ0v) is 19.9. The van der Waals surface area contributed by atoms with Gasteiger partial charge in [0.1, 0.15) is 5.92 Å². The molecule has 2 N–H and O–H groups in total. The van der Waals surface area contributed by atoms with Crippen molar-refractivity contribution in [3.05, 3.63) is 74.2 Å². The summed E-state index contributed by atoms with van der Waals surface area (Å²) in [6.07, 6.45) is 0. The molecule has 0 radical (unpaired) electrons. The molecule has 2 aromatic carbocycles. The number of hydrogen-bond donors (Lipinski definition) is 2. The Morgan fingerprint density at radius 3 is 2.62 bits per heavy atom. The summed E-state index contributed by atoms with van der Waals surface area (Å²) in [6, 6.07) is 15.9. The highest BCUT2D eigenvalue weighted by Gasteiger charge is 2.44. The van der Waals surface area contributed by atoms with Crippen LogP contribution in [0.4, 0.5) is 5.69 Å². The molecule has 0 saturated heterocycles. The first kappa shape index (κ1) is 23.9. The van der Waals surface area contributed by atoms with Crippen molar-refractivity contribution in [1.82, 2.24) is 5.32 Å². The summed E-state index contributed by atoms with van der Waals surface area (Å²) in [7, 11) is 1.19. The van der Waals surface area contributed by atoms with E-state index in [1.807, 2.05) is 0 Å². The Labute approximate surface area is 202 Å². The number of halogens is 2. The predicted octanol–water partition coefficient (Wildman–Crippen LogP) is 4.21. The normalized spacial score (nSPS) is 17.9. The Morgan fingerprint density at radius 2 is 2.00 bits per heavy atom. The van der Waals surface area contributed by atoms with Gasteiger partial charge in [0.25, 0.3) is 0 Å². The van der Waals surface area contributed by atoms with Gasteiger partial charge >= 0.3 is 5.97 Å². The minimum Gasteiger partial charge on any atom is -0.468 e. The van der Waals surface area contributed by atoms with Gasteiger partial charge in [0.15, 0.2) is 0 Å². The number of allylic oxidation sites excluding steroid dienone is 1. The molecule has 0 aromatic heterocycles. The van der Waals surface area contributed by atoms with Crippen LogP contribution in [0.3, 0.4) is 0 Å². The van der Waals surface area contributed by atoms with Gasteiger partial charge in [-0.1, -0.05) is 69.6 Å². The minimum atomic E-state index is -1.21. The summed E-state index contributed by atoms with van der Waals surface area (Å²) >= 11 is 10.4. The van der Waals surface area contributed by atoms with Crippen LogP contribution in [-0.2, 0) is 19.1 Å². The monoisotopic (exact) mass is 533 g/mol. The molecule has 1 aliphatic heterocycles. The van der Waals surface area contributed by atoms with Gasteiger partial charge in [0, 0.05) is 10.4 Å². The number of hydrogen-bond acceptors (Lipinski definition) is 6. The molecule has 1 aliphatic rings. The van der Waals surface area contributed by atoms with Crippen LogP contribution in [-0.4, -0.2) is 30.6 Å². The van der Waals surface area contributed by atoms with Crippen molar-refractivity contribution in [2.75, 3.05) is 18.2 Å². The second-order valence-electron chi connectivity index (χ2n) is 6.69. The summed E-state index contributed by atoms with van der Waals surface area (Å²) in [6.45, 7) is 0. The number of nitriles is 1. The second-order valence-corrected chi connectivity index (χ2v) is 9.00. The number of nitrogens with zero attached hydrogens (tertiary/aromatic N) is 1. The van der Waals surface area contributed by atoms with Gasteiger partial charge in [-0.25, -0.2) is 0 Å². The lowest BCUT2D eigenvalue weighted by atomic mass is 9.78. The van der Waals surface area contributed by atoms with E-state index in [0.29, 0.717) is 16.3 Å². The molecule has 2 atom stereocenters. The highest BCUT2D eigenvalue weighted by Crippen LogP contribution is 2.40. The van der Waals surface area contributed by atoms with E-state index in [-0.39, 0.29) is 22.3 Å². The molecule has 7 nitrogen and oxygen atoms in total. The van der Waals surface area contributed by atoms with Crippen molar-refractivity contribution in [1.29, 1.82) is 5.26 Å². The lowest BCUT2D eigenvalue weighted by Crippen LogP contribution is -2.44. The van der Waals surface area contributed by atoms with Crippen molar-refractivity contribution in [3.8, 4) is 6.07 Å². The van der Waals surface area contributed by atoms with E-state index >= 15 is 0 Å². The van der Waals surface area contributed by atoms with Crippen LogP contribution in [0.15, 0.2) is 63.6 Å². The summed E-state index contributed by atoms with van der Waals surface area (Å²) in [5, 5.41) is 15.7. The van der Waals surface area contributed by atoms with Crippen LogP contribution in [0.25, 0.3) is 0 Å². The van der Waals surface area contributed by atoms with Crippen molar-refractivity contribution >= 4 is 62.8 Å². The fraction of sp³-hybridized carbons (Fsp3) is 0.182. The van der Waals surface area contributed by atoms with Crippen LogP contribution >= 0.6 is 39.3 Å². The number of thioether (sulfide) groups is 1. The van der Waals surface area contributed by atoms with Crippen molar-refractivity contribution in [3.63, 3.8) is 0 Å². The molecular weight excluding hydrogens is 518 g/mol. The van der Waals surface area contributed by atoms with Gasteiger partial charge in [-0.3, -0.25) is 14.4 Å². The van der Waals surface area contributed by atoms with Gasteiger partial charge in [0.05, 0.1) is 40.2 Å². The number of benzene rings is 2. The fourth-order valence-electron chi connectivity index (χ4n) is 3.25. The first-order valence-electron chi connectivity index (χ1n) is 9.31. The Balaban J connectivity index is 1.86. The largest absolute Gasteiger partial charge is 0.468 e. The van der Waals surface area contributed by atoms with Crippen LogP contribution < -0.4 is 10.6 Å². The van der Waals surface area contributed by atoms with Crippen LogP contribution in [0, 0.1) is 17.2 Å². The average Bonchev–Trinajstić information content (AvgIpc) is 2.79. The molecule has 32 heavy (non-hydrogen) atoms. The third-order valence-corrected chi connectivity index (χ3v) is 6.52. The Bertz CT molecular complexity index is 1130. The maximum absolute atomic E-state index is 12.8. The number of anilines is 1. The van der Waals surface area contributed by atoms with E-state index in [1.165, 1.54) is 7.11 Å². The molecule has 1 heterocycles. The molecule has 10 heteroatoms. The molecular formula is C22H17BrClN3O4S. The van der Waals surface area contributed by atoms with E-state index in [9.17, 15) is 19.6 Å². The lowest BCUT2D eigenvalue weighted by molar-refractivity contribution is -0.150. The number of rotatable bonds is 6. The molecule has 3 rings (SSSR count). The summed E-state index contributed by atoms with van der Waals surface area (Å²) in [5.41, 5.74) is 1.25. The highest BCUT2D eigenvalue weighted by molar-refractivity contribution is 9.10. The van der Waals surface area contributed by atoms with E-state index in [4.69, 9.17) is 16.3 Å². The predicted molar refractivity (Wildman–Crippen MR) is 126 cm³/mol. The topological polar surface area (TPSA) is 108 Å². The smallest absolute Gasteiger partial charge is 0.319 e. The molecule has 164 valence electrons. The van der Waals surface area contributed by atoms with Crippen molar-refractivity contribution < 1.29 is 19.1 Å². The van der Waals surface area contributed by atoms with Crippen molar-refractivity contribution in [2.24, 2.45) is 5.92 Å². The number of esters is 1. The van der Waals surface area contributed by atoms with Crippen LogP contribution in [0.5, 0.6) is 0 Å². The van der Waals surface area contributed by atoms with E-state index < -0.39 is 23.7 Å². The van der Waals surface area contributed by atoms with Crippen molar-refractivity contribution in [2.45, 2.75) is 5.92 Å². The number of methoxy groups -OCH3 is 1. The number of nitrogens with one attached hydrogen (secondary N) is 2. The van der Waals surface area contributed by atoms with Gasteiger partial charge in [0.2, 0.25) is 11.8 Å². The second kappa shape index (κ2) is 10.7. The maximum Gasteiger partial charge on any atom is 0.319 e. The first-order valence-corrected chi connectivity index (χ1v) is 11.5. The molecule has 2 amide bonds. The summed E-state index contributed by atoms with van der Waals surface area (Å²) in [4.78, 5) is 37.6. The molecule has 0 aliphatic carbocycles. The van der Waals surface area contributed by atoms with Crippen LogP contribution in [0.2, 0.25) is 5.02 Å². The SMILES string of the molecule is COC(=O)[C@H]1C(=O)NC(SCC(=O)Nc2ccc(Br)cc2Cl)=C(C#N)[C@@H]1c1ccccc1. The zero-order valence-electron chi connectivity index (χ0n) is 16.7. The summed E-state index contributed by atoms with van der Waals surface area (Å²) in [5.74, 6) is -3.83. The third-order valence-electron chi connectivity index (χ3n) is 4.70. The number of amides is 2. The Hall–Kier alpha value is -2.80. The number of carbonyl (C=O) groups excluding carboxylic acids is 3. The molecule has 0 fully saturated rings. The number of ether oxygens (including phenoxy) is 1. The zero-order chi connectivity index (χ0) is 23.3. The molecule has 0 spiro atoms. The van der Waals surface area contributed by atoms with Gasteiger partial charge in [-0.15, -0.1) is 0 Å². The Morgan fingerprint density at radius 1 is 1.28 bits per heavy atom. The van der Waals surface area contributed by atoms with Crippen LogP contribution in [0.1, 0.15) is 11.5 Å². The van der Waals surface area contributed by atoms with E-state index in [0.717, 1.165) is 16.2 Å². The fourth-order valence-corrected chi connectivity index (χ4v) is 4.82. The standard InChI is InChI=1S/C22H17BrClN3O4S/c1-31-22(30)19-18(12-5-3-2-4-6-12)14(10-25)21(27-20(19)29)32-11-17(28)26-16-8-7-13(23)9-15(16)24/h2-9,18-19H,11H2,1H3,(H,26,28)(H,27,29)/t18-,19+/m0/s1.